The number of carbonyl (C=O) groups excluding carboxylic acids is 1. The van der Waals surface area contributed by atoms with Crippen molar-refractivity contribution in [3.63, 3.8) is 0 Å². The van der Waals surface area contributed by atoms with Gasteiger partial charge in [0, 0.05) is 5.02 Å². The molecule has 3 nitrogen and oxygen atoms in total. The van der Waals surface area contributed by atoms with Crippen LogP contribution in [0, 0.1) is 0 Å². The zero-order valence-electron chi connectivity index (χ0n) is 8.26. The van der Waals surface area contributed by atoms with Crippen molar-refractivity contribution in [2.75, 3.05) is 14.2 Å². The summed E-state index contributed by atoms with van der Waals surface area (Å²) in [6.07, 6.45) is 0. The van der Waals surface area contributed by atoms with Gasteiger partial charge in [-0.15, -0.1) is 0 Å². The minimum Gasteiger partial charge on any atom is -0.496 e. The smallest absolute Gasteiger partial charge is 0.167 e. The molecule has 0 aliphatic carbocycles. The second-order valence-corrected chi connectivity index (χ2v) is 3.18. The van der Waals surface area contributed by atoms with Gasteiger partial charge in [0.15, 0.2) is 5.78 Å². The van der Waals surface area contributed by atoms with Crippen LogP contribution in [0.2, 0.25) is 5.02 Å². The Kier molecular flexibility index (Phi) is 3.36. The minimum absolute atomic E-state index is 0.115. The summed E-state index contributed by atoms with van der Waals surface area (Å²) in [5, 5.41) is 0.476. The van der Waals surface area contributed by atoms with Gasteiger partial charge >= 0.3 is 0 Å². The molecule has 0 radical (unpaired) electrons. The first-order valence-electron chi connectivity index (χ1n) is 4.02. The third-order valence-corrected chi connectivity index (χ3v) is 2.04. The first kappa shape index (κ1) is 10.9. The molecule has 0 bridgehead atoms. The quantitative estimate of drug-likeness (QED) is 0.726. The zero-order chi connectivity index (χ0) is 10.7. The van der Waals surface area contributed by atoms with Gasteiger partial charge in [0.2, 0.25) is 0 Å². The molecule has 0 amide bonds. The number of Topliss-reactive ketones (excluding diaryl/α,β-unsaturated/α-hetero) is 1. The normalized spacial score (nSPS) is 9.71. The number of ketones is 1. The maximum atomic E-state index is 11.3. The van der Waals surface area contributed by atoms with Crippen LogP contribution >= 0.6 is 11.6 Å². The monoisotopic (exact) mass is 214 g/mol. The molecule has 1 aromatic rings. The van der Waals surface area contributed by atoms with Gasteiger partial charge in [-0.05, 0) is 19.1 Å². The van der Waals surface area contributed by atoms with Crippen LogP contribution in [-0.4, -0.2) is 20.0 Å². The summed E-state index contributed by atoms with van der Waals surface area (Å²) in [6, 6.07) is 3.17. The van der Waals surface area contributed by atoms with E-state index in [1.54, 1.807) is 12.1 Å². The van der Waals surface area contributed by atoms with Crippen molar-refractivity contribution in [2.45, 2.75) is 6.92 Å². The number of methoxy groups -OCH3 is 2. The van der Waals surface area contributed by atoms with Crippen molar-refractivity contribution in [3.05, 3.63) is 22.7 Å². The van der Waals surface area contributed by atoms with E-state index in [0.29, 0.717) is 22.1 Å². The molecule has 0 saturated carbocycles. The lowest BCUT2D eigenvalue weighted by Gasteiger charge is -2.10. The summed E-state index contributed by atoms with van der Waals surface area (Å²) in [6.45, 7) is 1.45. The van der Waals surface area contributed by atoms with Crippen LogP contribution < -0.4 is 9.47 Å². The van der Waals surface area contributed by atoms with Gasteiger partial charge in [0.05, 0.1) is 14.2 Å². The average molecular weight is 215 g/mol. The molecule has 1 rings (SSSR count). The van der Waals surface area contributed by atoms with Gasteiger partial charge in [0.1, 0.15) is 17.1 Å². The van der Waals surface area contributed by atoms with Crippen molar-refractivity contribution in [1.82, 2.24) is 0 Å². The third-order valence-electron chi connectivity index (χ3n) is 1.82. The van der Waals surface area contributed by atoms with Crippen molar-refractivity contribution >= 4 is 17.4 Å². The van der Waals surface area contributed by atoms with Crippen LogP contribution in [0.1, 0.15) is 17.3 Å². The summed E-state index contributed by atoms with van der Waals surface area (Å²) in [5.41, 5.74) is 0.416. The molecule has 0 saturated heterocycles. The largest absolute Gasteiger partial charge is 0.496 e. The maximum Gasteiger partial charge on any atom is 0.167 e. The summed E-state index contributed by atoms with van der Waals surface area (Å²) in [5.74, 6) is 0.749. The average Bonchev–Trinajstić information content (AvgIpc) is 2.15. The Morgan fingerprint density at radius 1 is 1.21 bits per heavy atom. The van der Waals surface area contributed by atoms with Crippen LogP contribution in [0.5, 0.6) is 11.5 Å². The van der Waals surface area contributed by atoms with Crippen LogP contribution in [0.3, 0.4) is 0 Å². The van der Waals surface area contributed by atoms with Crippen LogP contribution in [0.25, 0.3) is 0 Å². The Bertz CT molecular complexity index is 335. The predicted molar refractivity (Wildman–Crippen MR) is 54.6 cm³/mol. The van der Waals surface area contributed by atoms with Crippen molar-refractivity contribution in [1.29, 1.82) is 0 Å². The van der Waals surface area contributed by atoms with Gasteiger partial charge in [-0.3, -0.25) is 4.79 Å². The van der Waals surface area contributed by atoms with E-state index in [0.717, 1.165) is 0 Å². The highest BCUT2D eigenvalue weighted by molar-refractivity contribution is 6.31. The number of hydrogen-bond acceptors (Lipinski definition) is 3. The number of carbonyl (C=O) groups is 1. The predicted octanol–water partition coefficient (Wildman–Crippen LogP) is 2.56. The van der Waals surface area contributed by atoms with E-state index in [1.807, 2.05) is 0 Å². The molecule has 0 aliphatic rings. The van der Waals surface area contributed by atoms with E-state index in [4.69, 9.17) is 21.1 Å². The highest BCUT2D eigenvalue weighted by Crippen LogP contribution is 2.32. The van der Waals surface area contributed by atoms with Crippen LogP contribution in [0.4, 0.5) is 0 Å². The molecule has 1 aromatic carbocycles. The second kappa shape index (κ2) is 4.33. The first-order valence-corrected chi connectivity index (χ1v) is 4.40. The molecule has 14 heavy (non-hydrogen) atoms. The van der Waals surface area contributed by atoms with Crippen molar-refractivity contribution < 1.29 is 14.3 Å². The minimum atomic E-state index is -0.115. The molecular weight excluding hydrogens is 204 g/mol. The van der Waals surface area contributed by atoms with Gasteiger partial charge < -0.3 is 9.47 Å². The van der Waals surface area contributed by atoms with Crippen molar-refractivity contribution in [3.8, 4) is 11.5 Å². The van der Waals surface area contributed by atoms with E-state index in [-0.39, 0.29) is 5.78 Å². The summed E-state index contributed by atoms with van der Waals surface area (Å²) in [4.78, 5) is 11.3. The molecule has 4 heteroatoms. The number of halogens is 1. The second-order valence-electron chi connectivity index (χ2n) is 2.74. The SMILES string of the molecule is COc1cc(Cl)cc(OC)c1C(C)=O. The van der Waals surface area contributed by atoms with Gasteiger partial charge in [0.25, 0.3) is 0 Å². The van der Waals surface area contributed by atoms with Gasteiger partial charge in [-0.25, -0.2) is 0 Å². The topological polar surface area (TPSA) is 35.5 Å². The Morgan fingerprint density at radius 2 is 1.64 bits per heavy atom. The molecule has 0 aliphatic heterocycles. The number of hydrogen-bond donors (Lipinski definition) is 0. The van der Waals surface area contributed by atoms with E-state index in [9.17, 15) is 4.79 Å². The molecule has 0 heterocycles. The van der Waals surface area contributed by atoms with Crippen molar-refractivity contribution in [2.24, 2.45) is 0 Å². The molecule has 0 spiro atoms. The summed E-state index contributed by atoms with van der Waals surface area (Å²) < 4.78 is 10.1. The van der Waals surface area contributed by atoms with Gasteiger partial charge in [-0.2, -0.15) is 0 Å². The maximum absolute atomic E-state index is 11.3. The lowest BCUT2D eigenvalue weighted by Crippen LogP contribution is -2.01. The van der Waals surface area contributed by atoms with E-state index < -0.39 is 0 Å². The van der Waals surface area contributed by atoms with Crippen LogP contribution in [-0.2, 0) is 0 Å². The zero-order valence-corrected chi connectivity index (χ0v) is 9.01. The first-order chi connectivity index (χ1) is 6.60. The summed E-state index contributed by atoms with van der Waals surface area (Å²) >= 11 is 5.81. The Hall–Kier alpha value is -1.22. The number of ether oxygens (including phenoxy) is 2. The Labute approximate surface area is 87.6 Å². The highest BCUT2D eigenvalue weighted by Gasteiger charge is 2.15. The lowest BCUT2D eigenvalue weighted by atomic mass is 10.1. The summed E-state index contributed by atoms with van der Waals surface area (Å²) in [7, 11) is 2.97. The van der Waals surface area contributed by atoms with Gasteiger partial charge in [-0.1, -0.05) is 11.6 Å². The highest BCUT2D eigenvalue weighted by atomic mass is 35.5. The molecular formula is C10H11ClO3. The molecule has 0 fully saturated rings. The fraction of sp³-hybridized carbons (Fsp3) is 0.300. The van der Waals surface area contributed by atoms with Crippen LogP contribution in [0.15, 0.2) is 12.1 Å². The Balaban J connectivity index is 3.40. The number of benzene rings is 1. The third kappa shape index (κ3) is 1.99. The molecule has 76 valence electrons. The lowest BCUT2D eigenvalue weighted by molar-refractivity contribution is 0.101. The Morgan fingerprint density at radius 3 is 1.93 bits per heavy atom. The fourth-order valence-corrected chi connectivity index (χ4v) is 1.43. The number of rotatable bonds is 3. The van der Waals surface area contributed by atoms with E-state index in [2.05, 4.69) is 0 Å². The molecule has 0 atom stereocenters. The molecule has 0 N–H and O–H groups in total. The van der Waals surface area contributed by atoms with E-state index >= 15 is 0 Å². The standard InChI is InChI=1S/C10H11ClO3/c1-6(12)10-8(13-2)4-7(11)5-9(10)14-3/h4-5H,1-3H3. The molecule has 0 unspecified atom stereocenters. The fourth-order valence-electron chi connectivity index (χ4n) is 1.23. The molecule has 0 aromatic heterocycles. The van der Waals surface area contributed by atoms with E-state index in [1.165, 1.54) is 21.1 Å².